The zero-order valence-electron chi connectivity index (χ0n) is 16.1. The van der Waals surface area contributed by atoms with Crippen molar-refractivity contribution in [2.24, 2.45) is 0 Å². The molecule has 1 aliphatic carbocycles. The molecule has 0 fully saturated rings. The van der Waals surface area contributed by atoms with Gasteiger partial charge in [-0.3, -0.25) is 0 Å². The molecule has 6 rings (SSSR count). The van der Waals surface area contributed by atoms with E-state index in [9.17, 15) is 0 Å². The summed E-state index contributed by atoms with van der Waals surface area (Å²) >= 11 is 0. The van der Waals surface area contributed by atoms with Crippen LogP contribution < -0.4 is 0 Å². The average molecular weight is 368 g/mol. The Morgan fingerprint density at radius 1 is 0.414 bits per heavy atom. The van der Waals surface area contributed by atoms with Gasteiger partial charge in [-0.2, -0.15) is 0 Å². The predicted molar refractivity (Wildman–Crippen MR) is 123 cm³/mol. The standard InChI is InChI=1S/C29H20/c1-3-9-20(10-4-1)26-18-17-22-15-16-24-19-23-13-7-8-14-25(23)28(24)29(22)27(26)21-11-5-2-6-12-21/h1-18H,19H2. The van der Waals surface area contributed by atoms with Gasteiger partial charge in [0.15, 0.2) is 0 Å². The van der Waals surface area contributed by atoms with E-state index in [4.69, 9.17) is 0 Å². The highest BCUT2D eigenvalue weighted by Gasteiger charge is 2.23. The molecule has 136 valence electrons. The molecule has 29 heavy (non-hydrogen) atoms. The van der Waals surface area contributed by atoms with Gasteiger partial charge in [0.1, 0.15) is 0 Å². The highest BCUT2D eigenvalue weighted by Crippen LogP contribution is 2.47. The molecule has 0 N–H and O–H groups in total. The SMILES string of the molecule is c1ccc(-c2ccc3ccc4c(c3c2-c2ccccc2)-c2ccccc2C4)cc1. The van der Waals surface area contributed by atoms with Gasteiger partial charge in [0.25, 0.3) is 0 Å². The molecule has 5 aromatic rings. The molecule has 0 saturated heterocycles. The zero-order valence-corrected chi connectivity index (χ0v) is 16.1. The fourth-order valence-corrected chi connectivity index (χ4v) is 4.80. The lowest BCUT2D eigenvalue weighted by Crippen LogP contribution is -1.91. The van der Waals surface area contributed by atoms with E-state index in [0.717, 1.165) is 6.42 Å². The maximum Gasteiger partial charge on any atom is -0.00132 e. The van der Waals surface area contributed by atoms with Crippen molar-refractivity contribution in [3.05, 3.63) is 120 Å². The Morgan fingerprint density at radius 2 is 1.07 bits per heavy atom. The van der Waals surface area contributed by atoms with Gasteiger partial charge in [-0.15, -0.1) is 0 Å². The van der Waals surface area contributed by atoms with Crippen LogP contribution >= 0.6 is 0 Å². The first-order valence-electron chi connectivity index (χ1n) is 10.2. The third-order valence-electron chi connectivity index (χ3n) is 6.09. The maximum absolute atomic E-state index is 2.31. The summed E-state index contributed by atoms with van der Waals surface area (Å²) in [5.41, 5.74) is 10.8. The Kier molecular flexibility index (Phi) is 3.64. The summed E-state index contributed by atoms with van der Waals surface area (Å²) in [5.74, 6) is 0. The summed E-state index contributed by atoms with van der Waals surface area (Å²) in [6.07, 6.45) is 1.02. The number of benzene rings is 5. The summed E-state index contributed by atoms with van der Waals surface area (Å²) in [6.45, 7) is 0. The van der Waals surface area contributed by atoms with E-state index < -0.39 is 0 Å². The van der Waals surface area contributed by atoms with Crippen LogP contribution in [0.15, 0.2) is 109 Å². The molecule has 0 bridgehead atoms. The smallest absolute Gasteiger partial charge is 0.00132 e. The van der Waals surface area contributed by atoms with E-state index in [1.54, 1.807) is 0 Å². The monoisotopic (exact) mass is 368 g/mol. The quantitative estimate of drug-likeness (QED) is 0.293. The first-order chi connectivity index (χ1) is 14.4. The Bertz CT molecular complexity index is 1350. The van der Waals surface area contributed by atoms with Crippen molar-refractivity contribution in [3.8, 4) is 33.4 Å². The summed E-state index contributed by atoms with van der Waals surface area (Å²) < 4.78 is 0. The fraction of sp³-hybridized carbons (Fsp3) is 0.0345. The van der Waals surface area contributed by atoms with E-state index in [-0.39, 0.29) is 0 Å². The second kappa shape index (κ2) is 6.46. The van der Waals surface area contributed by atoms with Crippen molar-refractivity contribution in [3.63, 3.8) is 0 Å². The van der Waals surface area contributed by atoms with Gasteiger partial charge < -0.3 is 0 Å². The molecule has 0 saturated carbocycles. The number of hydrogen-bond donors (Lipinski definition) is 0. The molecule has 0 heterocycles. The van der Waals surface area contributed by atoms with Crippen LogP contribution in [0.4, 0.5) is 0 Å². The highest BCUT2D eigenvalue weighted by molar-refractivity contribution is 6.13. The van der Waals surface area contributed by atoms with Crippen LogP contribution in [0.2, 0.25) is 0 Å². The maximum atomic E-state index is 2.31. The predicted octanol–water partition coefficient (Wildman–Crippen LogP) is 7.75. The molecule has 0 nitrogen and oxygen atoms in total. The Hall–Kier alpha value is -3.64. The molecule has 0 radical (unpaired) electrons. The fourth-order valence-electron chi connectivity index (χ4n) is 4.80. The van der Waals surface area contributed by atoms with Crippen LogP contribution in [0.5, 0.6) is 0 Å². The minimum atomic E-state index is 1.02. The Morgan fingerprint density at radius 3 is 1.86 bits per heavy atom. The first-order valence-corrected chi connectivity index (χ1v) is 10.2. The highest BCUT2D eigenvalue weighted by atomic mass is 14.3. The van der Waals surface area contributed by atoms with Crippen molar-refractivity contribution < 1.29 is 0 Å². The lowest BCUT2D eigenvalue weighted by Gasteiger charge is -2.17. The first kappa shape index (κ1) is 16.3. The van der Waals surface area contributed by atoms with Crippen LogP contribution in [0.25, 0.3) is 44.2 Å². The van der Waals surface area contributed by atoms with Gasteiger partial charge in [-0.1, -0.05) is 109 Å². The van der Waals surface area contributed by atoms with Gasteiger partial charge in [-0.25, -0.2) is 0 Å². The second-order valence-corrected chi connectivity index (χ2v) is 7.75. The largest absolute Gasteiger partial charge is 0.0622 e. The zero-order chi connectivity index (χ0) is 19.2. The normalized spacial score (nSPS) is 12.0. The second-order valence-electron chi connectivity index (χ2n) is 7.75. The summed E-state index contributed by atoms with van der Waals surface area (Å²) in [5, 5.41) is 2.68. The number of fused-ring (bicyclic) bond motifs is 5. The van der Waals surface area contributed by atoms with Crippen LogP contribution in [-0.2, 0) is 6.42 Å². The van der Waals surface area contributed by atoms with Crippen LogP contribution in [0.1, 0.15) is 11.1 Å². The van der Waals surface area contributed by atoms with Crippen LogP contribution in [0, 0.1) is 0 Å². The Labute approximate surface area is 171 Å². The van der Waals surface area contributed by atoms with E-state index in [0.29, 0.717) is 0 Å². The van der Waals surface area contributed by atoms with Gasteiger partial charge in [0.05, 0.1) is 0 Å². The molecule has 0 atom stereocenters. The van der Waals surface area contributed by atoms with Crippen molar-refractivity contribution in [2.45, 2.75) is 6.42 Å². The number of rotatable bonds is 2. The average Bonchev–Trinajstić information content (AvgIpc) is 3.18. The topological polar surface area (TPSA) is 0 Å². The van der Waals surface area contributed by atoms with Crippen molar-refractivity contribution in [1.29, 1.82) is 0 Å². The van der Waals surface area contributed by atoms with Crippen molar-refractivity contribution >= 4 is 10.8 Å². The van der Waals surface area contributed by atoms with E-state index in [1.807, 2.05) is 0 Å². The molecule has 0 spiro atoms. The summed E-state index contributed by atoms with van der Waals surface area (Å²) in [6, 6.07) is 39.6. The molecule has 0 aromatic heterocycles. The van der Waals surface area contributed by atoms with E-state index in [1.165, 1.54) is 55.3 Å². The molecular weight excluding hydrogens is 348 g/mol. The number of hydrogen-bond acceptors (Lipinski definition) is 0. The third-order valence-corrected chi connectivity index (χ3v) is 6.09. The molecule has 0 heteroatoms. The van der Waals surface area contributed by atoms with Gasteiger partial charge >= 0.3 is 0 Å². The minimum Gasteiger partial charge on any atom is -0.0622 e. The molecular formula is C29H20. The Balaban J connectivity index is 1.79. The van der Waals surface area contributed by atoms with E-state index in [2.05, 4.69) is 109 Å². The van der Waals surface area contributed by atoms with Crippen LogP contribution in [0.3, 0.4) is 0 Å². The summed E-state index contributed by atoms with van der Waals surface area (Å²) in [7, 11) is 0. The molecule has 1 aliphatic rings. The third kappa shape index (κ3) is 2.53. The van der Waals surface area contributed by atoms with Crippen molar-refractivity contribution in [2.75, 3.05) is 0 Å². The molecule has 0 amide bonds. The van der Waals surface area contributed by atoms with Gasteiger partial charge in [0.2, 0.25) is 0 Å². The molecule has 0 aliphatic heterocycles. The molecule has 5 aromatic carbocycles. The molecule has 0 unspecified atom stereocenters. The summed E-state index contributed by atoms with van der Waals surface area (Å²) in [4.78, 5) is 0. The van der Waals surface area contributed by atoms with Crippen LogP contribution in [-0.4, -0.2) is 0 Å². The van der Waals surface area contributed by atoms with Gasteiger partial charge in [0, 0.05) is 0 Å². The lowest BCUT2D eigenvalue weighted by molar-refractivity contribution is 1.27. The van der Waals surface area contributed by atoms with Gasteiger partial charge in [-0.05, 0) is 61.7 Å². The lowest BCUT2D eigenvalue weighted by atomic mass is 9.86. The van der Waals surface area contributed by atoms with E-state index >= 15 is 0 Å². The van der Waals surface area contributed by atoms with Crippen molar-refractivity contribution in [1.82, 2.24) is 0 Å². The minimum absolute atomic E-state index is 1.02.